The molecule has 6 nitrogen and oxygen atoms in total. The summed E-state index contributed by atoms with van der Waals surface area (Å²) in [5.74, 6) is 3.88. The number of anilines is 2. The van der Waals surface area contributed by atoms with Crippen LogP contribution >= 0.6 is 0 Å². The zero-order valence-electron chi connectivity index (χ0n) is 15.5. The fraction of sp³-hybridized carbons (Fsp3) is 0.238. The molecular weight excluding hydrogens is 340 g/mol. The van der Waals surface area contributed by atoms with Gasteiger partial charge in [-0.3, -0.25) is 0 Å². The molecule has 138 valence electrons. The monoisotopic (exact) mass is 362 g/mol. The first-order valence-electron chi connectivity index (χ1n) is 8.93. The van der Waals surface area contributed by atoms with Crippen molar-refractivity contribution < 1.29 is 9.47 Å². The van der Waals surface area contributed by atoms with Crippen molar-refractivity contribution in [2.45, 2.75) is 26.9 Å². The summed E-state index contributed by atoms with van der Waals surface area (Å²) < 4.78 is 10.8. The van der Waals surface area contributed by atoms with Crippen LogP contribution in [0.2, 0.25) is 0 Å². The summed E-state index contributed by atoms with van der Waals surface area (Å²) >= 11 is 0. The number of fused-ring (bicyclic) bond motifs is 1. The Bertz CT molecular complexity index is 959. The van der Waals surface area contributed by atoms with Crippen molar-refractivity contribution in [3.05, 3.63) is 71.0 Å². The molecule has 3 aromatic rings. The Labute approximate surface area is 158 Å². The first-order chi connectivity index (χ1) is 13.2. The minimum atomic E-state index is 0.285. The maximum atomic E-state index is 5.43. The van der Waals surface area contributed by atoms with Crippen LogP contribution in [0.5, 0.6) is 11.5 Å². The van der Waals surface area contributed by atoms with Gasteiger partial charge in [-0.2, -0.15) is 0 Å². The molecule has 1 aliphatic heterocycles. The standard InChI is InChI=1S/C21H22N4O2/c1-14-4-3-5-16(8-14)11-22-20-10-21(25-15(2)24-20)23-12-17-6-7-18-19(9-17)27-13-26-18/h3-10H,11-13H2,1-2H3,(H2,22,23,24,25). The lowest BCUT2D eigenvalue weighted by Crippen LogP contribution is -2.07. The van der Waals surface area contributed by atoms with Crippen LogP contribution in [0, 0.1) is 13.8 Å². The summed E-state index contributed by atoms with van der Waals surface area (Å²) in [5, 5.41) is 6.73. The van der Waals surface area contributed by atoms with Gasteiger partial charge in [0.1, 0.15) is 17.5 Å². The maximum absolute atomic E-state index is 5.43. The van der Waals surface area contributed by atoms with E-state index in [0.29, 0.717) is 6.54 Å². The minimum absolute atomic E-state index is 0.285. The van der Waals surface area contributed by atoms with E-state index in [1.807, 2.05) is 31.2 Å². The van der Waals surface area contributed by atoms with Gasteiger partial charge in [-0.25, -0.2) is 9.97 Å². The maximum Gasteiger partial charge on any atom is 0.231 e. The normalized spacial score (nSPS) is 12.1. The summed E-state index contributed by atoms with van der Waals surface area (Å²) in [4.78, 5) is 8.95. The molecule has 0 radical (unpaired) electrons. The minimum Gasteiger partial charge on any atom is -0.454 e. The number of nitrogens with one attached hydrogen (secondary N) is 2. The van der Waals surface area contributed by atoms with Crippen LogP contribution in [-0.4, -0.2) is 16.8 Å². The molecule has 6 heteroatoms. The molecule has 0 bridgehead atoms. The lowest BCUT2D eigenvalue weighted by molar-refractivity contribution is 0.174. The van der Waals surface area contributed by atoms with Gasteiger partial charge in [0.2, 0.25) is 6.79 Å². The third kappa shape index (κ3) is 4.28. The molecule has 0 amide bonds. The van der Waals surface area contributed by atoms with E-state index in [-0.39, 0.29) is 6.79 Å². The molecule has 0 fully saturated rings. The topological polar surface area (TPSA) is 68.3 Å². The Hall–Kier alpha value is -3.28. The van der Waals surface area contributed by atoms with Crippen molar-refractivity contribution in [3.8, 4) is 11.5 Å². The van der Waals surface area contributed by atoms with Gasteiger partial charge in [0, 0.05) is 19.2 Å². The lowest BCUT2D eigenvalue weighted by atomic mass is 10.1. The Morgan fingerprint density at radius 3 is 2.26 bits per heavy atom. The van der Waals surface area contributed by atoms with Crippen molar-refractivity contribution in [1.29, 1.82) is 0 Å². The van der Waals surface area contributed by atoms with Gasteiger partial charge < -0.3 is 20.1 Å². The molecule has 1 aromatic heterocycles. The average Bonchev–Trinajstić information content (AvgIpc) is 3.12. The lowest BCUT2D eigenvalue weighted by Gasteiger charge is -2.11. The molecular formula is C21H22N4O2. The number of benzene rings is 2. The van der Waals surface area contributed by atoms with Crippen LogP contribution in [-0.2, 0) is 13.1 Å². The predicted molar refractivity (Wildman–Crippen MR) is 105 cm³/mol. The highest BCUT2D eigenvalue weighted by Gasteiger charge is 2.13. The molecule has 0 unspecified atom stereocenters. The average molecular weight is 362 g/mol. The fourth-order valence-corrected chi connectivity index (χ4v) is 3.01. The van der Waals surface area contributed by atoms with E-state index >= 15 is 0 Å². The number of ether oxygens (including phenoxy) is 2. The van der Waals surface area contributed by atoms with Crippen molar-refractivity contribution in [2.75, 3.05) is 17.4 Å². The molecule has 2 heterocycles. The van der Waals surface area contributed by atoms with Gasteiger partial charge in [0.25, 0.3) is 0 Å². The molecule has 1 aliphatic rings. The number of hydrogen-bond acceptors (Lipinski definition) is 6. The highest BCUT2D eigenvalue weighted by atomic mass is 16.7. The Morgan fingerprint density at radius 2 is 1.52 bits per heavy atom. The Kier molecular flexibility index (Phi) is 4.78. The first kappa shape index (κ1) is 17.1. The van der Waals surface area contributed by atoms with Gasteiger partial charge in [-0.15, -0.1) is 0 Å². The SMILES string of the molecule is Cc1cccc(CNc2cc(NCc3ccc4c(c3)OCO4)nc(C)n2)c1. The number of hydrogen-bond donors (Lipinski definition) is 2. The van der Waals surface area contributed by atoms with Crippen molar-refractivity contribution in [2.24, 2.45) is 0 Å². The third-order valence-electron chi connectivity index (χ3n) is 4.30. The van der Waals surface area contributed by atoms with E-state index in [4.69, 9.17) is 9.47 Å². The summed E-state index contributed by atoms with van der Waals surface area (Å²) in [5.41, 5.74) is 3.57. The molecule has 0 saturated carbocycles. The van der Waals surface area contributed by atoms with E-state index in [1.54, 1.807) is 0 Å². The number of aromatic nitrogens is 2. The highest BCUT2D eigenvalue weighted by molar-refractivity contribution is 5.49. The number of aryl methyl sites for hydroxylation is 2. The largest absolute Gasteiger partial charge is 0.454 e. The number of nitrogens with zero attached hydrogens (tertiary/aromatic N) is 2. The second-order valence-corrected chi connectivity index (χ2v) is 6.57. The first-order valence-corrected chi connectivity index (χ1v) is 8.93. The van der Waals surface area contributed by atoms with Crippen LogP contribution in [0.3, 0.4) is 0 Å². The molecule has 4 rings (SSSR count). The smallest absolute Gasteiger partial charge is 0.231 e. The zero-order valence-corrected chi connectivity index (χ0v) is 15.5. The van der Waals surface area contributed by atoms with Crippen LogP contribution in [0.25, 0.3) is 0 Å². The van der Waals surface area contributed by atoms with E-state index < -0.39 is 0 Å². The van der Waals surface area contributed by atoms with E-state index in [0.717, 1.165) is 41.1 Å². The Balaban J connectivity index is 1.41. The molecule has 0 spiro atoms. The second kappa shape index (κ2) is 7.53. The molecule has 2 N–H and O–H groups in total. The summed E-state index contributed by atoms with van der Waals surface area (Å²) in [6, 6.07) is 16.3. The fourth-order valence-electron chi connectivity index (χ4n) is 3.01. The van der Waals surface area contributed by atoms with Gasteiger partial charge in [-0.1, -0.05) is 35.9 Å². The van der Waals surface area contributed by atoms with Gasteiger partial charge >= 0.3 is 0 Å². The molecule has 0 aliphatic carbocycles. The van der Waals surface area contributed by atoms with Crippen LogP contribution < -0.4 is 20.1 Å². The zero-order chi connectivity index (χ0) is 18.6. The molecule has 2 aromatic carbocycles. The van der Waals surface area contributed by atoms with Crippen molar-refractivity contribution in [3.63, 3.8) is 0 Å². The van der Waals surface area contributed by atoms with Crippen molar-refractivity contribution in [1.82, 2.24) is 9.97 Å². The Morgan fingerprint density at radius 1 is 0.815 bits per heavy atom. The molecule has 27 heavy (non-hydrogen) atoms. The van der Waals surface area contributed by atoms with Crippen LogP contribution in [0.4, 0.5) is 11.6 Å². The van der Waals surface area contributed by atoms with E-state index in [9.17, 15) is 0 Å². The van der Waals surface area contributed by atoms with Gasteiger partial charge in [-0.05, 0) is 37.1 Å². The summed E-state index contributed by atoms with van der Waals surface area (Å²) in [7, 11) is 0. The van der Waals surface area contributed by atoms with E-state index in [1.165, 1.54) is 11.1 Å². The van der Waals surface area contributed by atoms with Crippen molar-refractivity contribution >= 4 is 11.6 Å². The van der Waals surface area contributed by atoms with Crippen LogP contribution in [0.15, 0.2) is 48.5 Å². The van der Waals surface area contributed by atoms with Gasteiger partial charge in [0.15, 0.2) is 11.5 Å². The number of rotatable bonds is 6. The van der Waals surface area contributed by atoms with E-state index in [2.05, 4.69) is 51.8 Å². The highest BCUT2D eigenvalue weighted by Crippen LogP contribution is 2.32. The molecule has 0 saturated heterocycles. The second-order valence-electron chi connectivity index (χ2n) is 6.57. The summed E-state index contributed by atoms with van der Waals surface area (Å²) in [6.45, 7) is 5.64. The predicted octanol–water partition coefficient (Wildman–Crippen LogP) is 4.05. The molecule has 0 atom stereocenters. The van der Waals surface area contributed by atoms with Gasteiger partial charge in [0.05, 0.1) is 0 Å². The quantitative estimate of drug-likeness (QED) is 0.690. The third-order valence-corrected chi connectivity index (χ3v) is 4.30. The van der Waals surface area contributed by atoms with Crippen LogP contribution in [0.1, 0.15) is 22.5 Å². The summed E-state index contributed by atoms with van der Waals surface area (Å²) in [6.07, 6.45) is 0.